The Morgan fingerprint density at radius 2 is 1.86 bits per heavy atom. The van der Waals surface area contributed by atoms with Crippen molar-refractivity contribution in [1.29, 1.82) is 0 Å². The number of aliphatic hydroxyl groups excluding tert-OH is 1. The summed E-state index contributed by atoms with van der Waals surface area (Å²) >= 11 is 0. The fourth-order valence-corrected chi connectivity index (χ4v) is 2.50. The Labute approximate surface area is 161 Å². The smallest absolute Gasteiger partial charge is 0.327 e. The molecule has 0 aromatic heterocycles. The van der Waals surface area contributed by atoms with E-state index >= 15 is 0 Å². The number of hydroxylamine groups is 2. The van der Waals surface area contributed by atoms with E-state index in [1.165, 1.54) is 19.1 Å². The third-order valence-electron chi connectivity index (χ3n) is 3.57. The first kappa shape index (κ1) is 21.4. The maximum absolute atomic E-state index is 12.9. The van der Waals surface area contributed by atoms with Crippen LogP contribution in [0, 0.1) is 10.1 Å². The van der Waals surface area contributed by atoms with Gasteiger partial charge in [0.15, 0.2) is 6.29 Å². The lowest BCUT2D eigenvalue weighted by Gasteiger charge is -2.24. The molecule has 5 N–H and O–H groups in total. The quantitative estimate of drug-likeness (QED) is 0.141. The molecule has 2 aromatic carbocycles. The number of carbonyl (C=O) groups is 1. The van der Waals surface area contributed by atoms with Crippen molar-refractivity contribution in [3.05, 3.63) is 57.6 Å². The van der Waals surface area contributed by atoms with Crippen molar-refractivity contribution >= 4 is 43.2 Å². The molecule has 10 nitrogen and oxygen atoms in total. The number of benzene rings is 2. The molecule has 0 heterocycles. The lowest BCUT2D eigenvalue weighted by molar-refractivity contribution is -0.384. The molecule has 0 aliphatic heterocycles. The summed E-state index contributed by atoms with van der Waals surface area (Å²) in [5.41, 5.74) is 6.48. The lowest BCUT2D eigenvalue weighted by atomic mass is 9.86. The molecule has 2 rings (SSSR count). The van der Waals surface area contributed by atoms with Crippen molar-refractivity contribution in [2.45, 2.75) is 19.8 Å². The minimum atomic E-state index is -1.35. The highest BCUT2D eigenvalue weighted by Crippen LogP contribution is 2.17. The van der Waals surface area contributed by atoms with Gasteiger partial charge >= 0.3 is 15.0 Å². The predicted octanol–water partition coefficient (Wildman–Crippen LogP) is -1.44. The standard InChI is InChI=1S/C16H17B2N3O7/c1-9(22)28-20(8-10-2-12(17-24)6-14(19)3-10)16(23)11-4-13(18-25)7-15(5-11)21(26)27/h2-7,9,22,24-25H,8,19H2,1H3. The van der Waals surface area contributed by atoms with Gasteiger partial charge in [-0.1, -0.05) is 17.6 Å². The van der Waals surface area contributed by atoms with E-state index < -0.39 is 22.8 Å². The number of hydrogen-bond acceptors (Lipinski definition) is 8. The fraction of sp³-hybridized carbons (Fsp3) is 0.188. The van der Waals surface area contributed by atoms with E-state index in [4.69, 9.17) is 10.6 Å². The Balaban J connectivity index is 2.40. The predicted molar refractivity (Wildman–Crippen MR) is 102 cm³/mol. The number of aliphatic hydroxyl groups is 1. The van der Waals surface area contributed by atoms with Crippen molar-refractivity contribution in [1.82, 2.24) is 5.06 Å². The number of amides is 1. The number of nitro benzene ring substituents is 1. The van der Waals surface area contributed by atoms with E-state index in [2.05, 4.69) is 0 Å². The molecule has 1 atom stereocenters. The first-order valence-corrected chi connectivity index (χ1v) is 8.04. The monoisotopic (exact) mass is 385 g/mol. The molecule has 0 aliphatic carbocycles. The number of hydrogen-bond donors (Lipinski definition) is 4. The molecule has 2 aromatic rings. The molecule has 1 unspecified atom stereocenters. The van der Waals surface area contributed by atoms with E-state index in [1.807, 2.05) is 0 Å². The molecule has 2 radical (unpaired) electrons. The van der Waals surface area contributed by atoms with Crippen molar-refractivity contribution in [2.75, 3.05) is 5.73 Å². The number of nitrogens with two attached hydrogens (primary N) is 1. The van der Waals surface area contributed by atoms with Crippen molar-refractivity contribution in [3.63, 3.8) is 0 Å². The molecule has 12 heteroatoms. The maximum atomic E-state index is 12.9. The zero-order chi connectivity index (χ0) is 20.8. The Hall–Kier alpha value is -2.92. The molecule has 0 aliphatic rings. The van der Waals surface area contributed by atoms with Crippen LogP contribution < -0.4 is 16.7 Å². The summed E-state index contributed by atoms with van der Waals surface area (Å²) in [6.07, 6.45) is -1.35. The van der Waals surface area contributed by atoms with Crippen LogP contribution in [0.5, 0.6) is 0 Å². The van der Waals surface area contributed by atoms with Gasteiger partial charge < -0.3 is 20.9 Å². The summed E-state index contributed by atoms with van der Waals surface area (Å²) in [4.78, 5) is 28.4. The number of non-ortho nitro benzene ring substituents is 1. The molecule has 0 fully saturated rings. The number of nitro groups is 1. The van der Waals surface area contributed by atoms with Gasteiger partial charge in [-0.25, -0.2) is 9.90 Å². The van der Waals surface area contributed by atoms with Crippen LogP contribution in [0.15, 0.2) is 36.4 Å². The molecular formula is C16H17B2N3O7. The second-order valence-electron chi connectivity index (χ2n) is 5.88. The Bertz CT molecular complexity index is 879. The minimum absolute atomic E-state index is 0.0515. The van der Waals surface area contributed by atoms with Gasteiger partial charge in [0.1, 0.15) is 0 Å². The van der Waals surface area contributed by atoms with E-state index in [9.17, 15) is 30.1 Å². The van der Waals surface area contributed by atoms with Crippen LogP contribution >= 0.6 is 0 Å². The Morgan fingerprint density at radius 3 is 2.43 bits per heavy atom. The number of carbonyl (C=O) groups excluding carboxylic acids is 1. The molecular weight excluding hydrogens is 368 g/mol. The van der Waals surface area contributed by atoms with Crippen LogP contribution in [0.3, 0.4) is 0 Å². The molecule has 0 saturated heterocycles. The summed E-state index contributed by atoms with van der Waals surface area (Å²) in [5.74, 6) is -0.787. The average Bonchev–Trinajstić information content (AvgIpc) is 2.65. The lowest BCUT2D eigenvalue weighted by Crippen LogP contribution is -2.35. The number of nitrogens with zero attached hydrogens (tertiary/aromatic N) is 2. The van der Waals surface area contributed by atoms with Gasteiger partial charge in [0.2, 0.25) is 0 Å². The summed E-state index contributed by atoms with van der Waals surface area (Å²) in [6.45, 7) is 1.11. The molecule has 0 saturated carbocycles. The first-order chi connectivity index (χ1) is 13.2. The highest BCUT2D eigenvalue weighted by molar-refractivity contribution is 6.46. The van der Waals surface area contributed by atoms with Crippen molar-refractivity contribution in [3.8, 4) is 0 Å². The summed E-state index contributed by atoms with van der Waals surface area (Å²) in [7, 11) is 1.47. The molecule has 0 spiro atoms. The third kappa shape index (κ3) is 5.54. The van der Waals surface area contributed by atoms with Crippen LogP contribution in [0.25, 0.3) is 0 Å². The molecule has 1 amide bonds. The third-order valence-corrected chi connectivity index (χ3v) is 3.57. The van der Waals surface area contributed by atoms with Crippen molar-refractivity contribution < 1.29 is 29.7 Å². The van der Waals surface area contributed by atoms with Gasteiger partial charge in [-0.3, -0.25) is 14.9 Å². The van der Waals surface area contributed by atoms with Gasteiger partial charge in [0, 0.05) is 23.4 Å². The summed E-state index contributed by atoms with van der Waals surface area (Å²) in [6, 6.07) is 7.95. The van der Waals surface area contributed by atoms with E-state index in [-0.39, 0.29) is 17.6 Å². The van der Waals surface area contributed by atoms with Gasteiger partial charge in [0.25, 0.3) is 11.6 Å². The van der Waals surface area contributed by atoms with Crippen LogP contribution in [0.4, 0.5) is 11.4 Å². The second kappa shape index (κ2) is 9.33. The van der Waals surface area contributed by atoms with Crippen LogP contribution in [0.1, 0.15) is 22.8 Å². The Kier molecular flexibility index (Phi) is 7.12. The van der Waals surface area contributed by atoms with Crippen LogP contribution in [-0.4, -0.2) is 52.3 Å². The van der Waals surface area contributed by atoms with E-state index in [1.54, 1.807) is 12.1 Å². The zero-order valence-corrected chi connectivity index (χ0v) is 14.8. The largest absolute Gasteiger partial charge is 0.450 e. The molecule has 144 valence electrons. The highest BCUT2D eigenvalue weighted by Gasteiger charge is 2.23. The topological polar surface area (TPSA) is 159 Å². The number of rotatable bonds is 8. The maximum Gasteiger partial charge on any atom is 0.327 e. The fourth-order valence-electron chi connectivity index (χ4n) is 2.50. The van der Waals surface area contributed by atoms with Gasteiger partial charge in [-0.15, -0.1) is 0 Å². The van der Waals surface area contributed by atoms with Crippen LogP contribution in [-0.2, 0) is 11.4 Å². The van der Waals surface area contributed by atoms with Crippen LogP contribution in [0.2, 0.25) is 0 Å². The van der Waals surface area contributed by atoms with E-state index in [0.29, 0.717) is 24.2 Å². The summed E-state index contributed by atoms with van der Waals surface area (Å²) < 4.78 is 0. The highest BCUT2D eigenvalue weighted by atomic mass is 16.8. The van der Waals surface area contributed by atoms with Gasteiger partial charge in [-0.05, 0) is 30.1 Å². The number of anilines is 1. The Morgan fingerprint density at radius 1 is 1.21 bits per heavy atom. The van der Waals surface area contributed by atoms with Gasteiger partial charge in [0.05, 0.1) is 11.5 Å². The second-order valence-corrected chi connectivity index (χ2v) is 5.88. The average molecular weight is 385 g/mol. The van der Waals surface area contributed by atoms with Crippen molar-refractivity contribution in [2.24, 2.45) is 0 Å². The molecule has 28 heavy (non-hydrogen) atoms. The molecule has 0 bridgehead atoms. The zero-order valence-electron chi connectivity index (χ0n) is 14.8. The SMILES string of the molecule is CC(O)ON(Cc1cc(N)cc([B]O)c1)C(=O)c1cc([B]O)cc([N+](=O)[O-])c1. The first-order valence-electron chi connectivity index (χ1n) is 8.04. The van der Waals surface area contributed by atoms with E-state index in [0.717, 1.165) is 24.7 Å². The van der Waals surface area contributed by atoms with Gasteiger partial charge in [-0.2, -0.15) is 0 Å². The summed E-state index contributed by atoms with van der Waals surface area (Å²) in [5, 5.41) is 39.8. The number of nitrogen functional groups attached to an aromatic ring is 1. The minimum Gasteiger partial charge on any atom is -0.450 e. The normalized spacial score (nSPS) is 11.6.